The van der Waals surface area contributed by atoms with Crippen LogP contribution in [0, 0.1) is 5.82 Å². The van der Waals surface area contributed by atoms with Crippen molar-refractivity contribution in [1.82, 2.24) is 9.78 Å². The third-order valence-electron chi connectivity index (χ3n) is 3.89. The van der Waals surface area contributed by atoms with Gasteiger partial charge in [-0.2, -0.15) is 23.0 Å². The number of carbonyl (C=O) groups is 1. The van der Waals surface area contributed by atoms with Crippen LogP contribution in [0.25, 0.3) is 22.3 Å². The van der Waals surface area contributed by atoms with Crippen LogP contribution < -0.4 is 5.73 Å². The van der Waals surface area contributed by atoms with Crippen molar-refractivity contribution in [1.29, 1.82) is 0 Å². The SMILES string of the molecule is CSc1ccc(-c2ccc(-c3cn(C(N)=O)nc3C(F)(F)F)cc2)c(F)c1. The molecule has 140 valence electrons. The molecule has 0 radical (unpaired) electrons. The molecule has 0 atom stereocenters. The van der Waals surface area contributed by atoms with Gasteiger partial charge in [0.15, 0.2) is 5.69 Å². The number of aromatic nitrogens is 2. The van der Waals surface area contributed by atoms with Crippen molar-refractivity contribution in [2.24, 2.45) is 5.73 Å². The number of amides is 1. The number of hydrogen-bond acceptors (Lipinski definition) is 3. The fourth-order valence-corrected chi connectivity index (χ4v) is 3.02. The molecule has 0 aliphatic carbocycles. The van der Waals surface area contributed by atoms with Gasteiger partial charge in [-0.1, -0.05) is 30.3 Å². The number of benzene rings is 2. The molecule has 0 bridgehead atoms. The molecule has 3 aromatic rings. The highest BCUT2D eigenvalue weighted by atomic mass is 32.2. The van der Waals surface area contributed by atoms with Crippen LogP contribution in [0.4, 0.5) is 22.4 Å². The summed E-state index contributed by atoms with van der Waals surface area (Å²) in [6, 6.07) is 9.48. The number of thioether (sulfide) groups is 1. The summed E-state index contributed by atoms with van der Waals surface area (Å²) in [4.78, 5) is 11.9. The van der Waals surface area contributed by atoms with Crippen LogP contribution in [0.5, 0.6) is 0 Å². The molecule has 1 aromatic heterocycles. The third kappa shape index (κ3) is 3.82. The van der Waals surface area contributed by atoms with E-state index in [1.54, 1.807) is 12.1 Å². The zero-order valence-corrected chi connectivity index (χ0v) is 14.7. The van der Waals surface area contributed by atoms with Gasteiger partial charge in [0.25, 0.3) is 0 Å². The van der Waals surface area contributed by atoms with Crippen molar-refractivity contribution in [2.75, 3.05) is 6.26 Å². The monoisotopic (exact) mass is 395 g/mol. The zero-order chi connectivity index (χ0) is 19.8. The second kappa shape index (κ2) is 7.07. The van der Waals surface area contributed by atoms with Gasteiger partial charge in [0.2, 0.25) is 0 Å². The molecule has 0 unspecified atom stereocenters. The Kier molecular flexibility index (Phi) is 4.97. The molecule has 4 nitrogen and oxygen atoms in total. The molecule has 2 N–H and O–H groups in total. The predicted octanol–water partition coefficient (Wildman–Crippen LogP) is 5.02. The lowest BCUT2D eigenvalue weighted by Gasteiger charge is -2.08. The maximum atomic E-state index is 14.2. The number of nitrogens with zero attached hydrogens (tertiary/aromatic N) is 2. The van der Waals surface area contributed by atoms with E-state index in [0.29, 0.717) is 15.8 Å². The molecule has 0 aliphatic rings. The van der Waals surface area contributed by atoms with Crippen molar-refractivity contribution in [3.8, 4) is 22.3 Å². The van der Waals surface area contributed by atoms with E-state index >= 15 is 0 Å². The first-order valence-corrected chi connectivity index (χ1v) is 8.84. The number of nitrogens with two attached hydrogens (primary N) is 1. The first-order valence-electron chi connectivity index (χ1n) is 7.61. The molecule has 2 aromatic carbocycles. The minimum absolute atomic E-state index is 0.180. The molecule has 9 heteroatoms. The van der Waals surface area contributed by atoms with Crippen LogP contribution in [-0.4, -0.2) is 22.1 Å². The number of primary amides is 1. The summed E-state index contributed by atoms with van der Waals surface area (Å²) >= 11 is 1.40. The summed E-state index contributed by atoms with van der Waals surface area (Å²) in [7, 11) is 0. The minimum atomic E-state index is -4.76. The van der Waals surface area contributed by atoms with Gasteiger partial charge in [0.05, 0.1) is 0 Å². The predicted molar refractivity (Wildman–Crippen MR) is 94.8 cm³/mol. The molecule has 3 rings (SSSR count). The minimum Gasteiger partial charge on any atom is -0.350 e. The standard InChI is InChI=1S/C18H13F4N3OS/c1-27-12-6-7-13(15(19)8-12)10-2-4-11(5-3-10)14-9-25(17(23)26)24-16(14)18(20,21)22/h2-9H,1H3,(H2,23,26). The van der Waals surface area contributed by atoms with Gasteiger partial charge in [-0.05, 0) is 29.5 Å². The summed E-state index contributed by atoms with van der Waals surface area (Å²) in [6.07, 6.45) is -2.00. The lowest BCUT2D eigenvalue weighted by atomic mass is 10.00. The van der Waals surface area contributed by atoms with Crippen LogP contribution in [0.3, 0.4) is 0 Å². The van der Waals surface area contributed by atoms with Gasteiger partial charge in [0, 0.05) is 22.2 Å². The van der Waals surface area contributed by atoms with E-state index in [9.17, 15) is 22.4 Å². The van der Waals surface area contributed by atoms with Gasteiger partial charge in [-0.25, -0.2) is 9.18 Å². The van der Waals surface area contributed by atoms with Crippen LogP contribution in [-0.2, 0) is 6.18 Å². The molecule has 0 spiro atoms. The fraction of sp³-hybridized carbons (Fsp3) is 0.111. The first kappa shape index (κ1) is 19.0. The molecule has 1 amide bonds. The Hall–Kier alpha value is -2.81. The highest BCUT2D eigenvalue weighted by molar-refractivity contribution is 7.98. The van der Waals surface area contributed by atoms with Crippen molar-refractivity contribution in [3.05, 3.63) is 60.2 Å². The van der Waals surface area contributed by atoms with Gasteiger partial charge in [0.1, 0.15) is 5.82 Å². The Morgan fingerprint density at radius 2 is 1.67 bits per heavy atom. The van der Waals surface area contributed by atoms with Crippen LogP contribution >= 0.6 is 11.8 Å². The number of carbonyl (C=O) groups excluding carboxylic acids is 1. The highest BCUT2D eigenvalue weighted by Crippen LogP contribution is 2.37. The van der Waals surface area contributed by atoms with E-state index in [4.69, 9.17) is 5.73 Å². The van der Waals surface area contributed by atoms with Crippen LogP contribution in [0.1, 0.15) is 5.69 Å². The largest absolute Gasteiger partial charge is 0.435 e. The molecule has 0 saturated carbocycles. The van der Waals surface area contributed by atoms with E-state index in [0.717, 1.165) is 11.1 Å². The second-order valence-corrected chi connectivity index (χ2v) is 6.47. The Morgan fingerprint density at radius 1 is 1.07 bits per heavy atom. The molecular weight excluding hydrogens is 382 g/mol. The second-order valence-electron chi connectivity index (χ2n) is 5.60. The van der Waals surface area contributed by atoms with Crippen molar-refractivity contribution in [3.63, 3.8) is 0 Å². The van der Waals surface area contributed by atoms with E-state index in [1.807, 2.05) is 6.26 Å². The summed E-state index contributed by atoms with van der Waals surface area (Å²) in [5, 5.41) is 3.23. The van der Waals surface area contributed by atoms with Crippen molar-refractivity contribution >= 4 is 17.8 Å². The fourth-order valence-electron chi connectivity index (χ4n) is 2.59. The van der Waals surface area contributed by atoms with Gasteiger partial charge >= 0.3 is 12.2 Å². The Bertz CT molecular complexity index is 997. The van der Waals surface area contributed by atoms with Crippen molar-refractivity contribution in [2.45, 2.75) is 11.1 Å². The number of alkyl halides is 3. The van der Waals surface area contributed by atoms with E-state index in [1.165, 1.54) is 42.1 Å². The topological polar surface area (TPSA) is 60.9 Å². The lowest BCUT2D eigenvalue weighted by molar-refractivity contribution is -0.140. The highest BCUT2D eigenvalue weighted by Gasteiger charge is 2.38. The van der Waals surface area contributed by atoms with Gasteiger partial charge < -0.3 is 5.73 Å². The normalized spacial score (nSPS) is 11.6. The Morgan fingerprint density at radius 3 is 2.15 bits per heavy atom. The van der Waals surface area contributed by atoms with Gasteiger partial charge in [-0.15, -0.1) is 11.8 Å². The summed E-state index contributed by atoms with van der Waals surface area (Å²) in [6.45, 7) is 0. The smallest absolute Gasteiger partial charge is 0.350 e. The average Bonchev–Trinajstić information content (AvgIpc) is 3.08. The summed E-state index contributed by atoms with van der Waals surface area (Å²) in [5.74, 6) is -0.424. The first-order chi connectivity index (χ1) is 12.7. The molecule has 0 saturated heterocycles. The average molecular weight is 395 g/mol. The maximum absolute atomic E-state index is 14.2. The Balaban J connectivity index is 2.02. The summed E-state index contributed by atoms with van der Waals surface area (Å²) < 4.78 is 54.3. The molecular formula is C18H13F4N3OS. The lowest BCUT2D eigenvalue weighted by Crippen LogP contribution is -2.20. The van der Waals surface area contributed by atoms with Crippen LogP contribution in [0.2, 0.25) is 0 Å². The molecule has 1 heterocycles. The van der Waals surface area contributed by atoms with Crippen molar-refractivity contribution < 1.29 is 22.4 Å². The zero-order valence-electron chi connectivity index (χ0n) is 13.9. The third-order valence-corrected chi connectivity index (χ3v) is 4.62. The summed E-state index contributed by atoms with van der Waals surface area (Å²) in [5.41, 5.74) is 4.53. The van der Waals surface area contributed by atoms with Gasteiger partial charge in [-0.3, -0.25) is 0 Å². The number of hydrogen-bond donors (Lipinski definition) is 1. The number of rotatable bonds is 3. The van der Waals surface area contributed by atoms with E-state index < -0.39 is 23.7 Å². The van der Waals surface area contributed by atoms with Crippen LogP contribution in [0.15, 0.2) is 53.6 Å². The Labute approximate surface area is 156 Å². The maximum Gasteiger partial charge on any atom is 0.435 e. The molecule has 0 fully saturated rings. The van der Waals surface area contributed by atoms with E-state index in [2.05, 4.69) is 5.10 Å². The quantitative estimate of drug-likeness (QED) is 0.500. The number of halogens is 4. The van der Waals surface area contributed by atoms with E-state index in [-0.39, 0.29) is 11.1 Å². The molecule has 27 heavy (non-hydrogen) atoms. The molecule has 0 aliphatic heterocycles.